The van der Waals surface area contributed by atoms with Crippen LogP contribution in [0, 0.1) is 45.8 Å². The van der Waals surface area contributed by atoms with Gasteiger partial charge < -0.3 is 0 Å². The van der Waals surface area contributed by atoms with Crippen LogP contribution in [0.3, 0.4) is 0 Å². The molecule has 4 aliphatic carbocycles. The Hall–Kier alpha value is 0. The molecule has 4 rings (SSSR count). The molecule has 0 bridgehead atoms. The summed E-state index contributed by atoms with van der Waals surface area (Å²) in [4.78, 5) is 0. The molecule has 132 valence electrons. The van der Waals surface area contributed by atoms with Gasteiger partial charge in [-0.25, -0.2) is 0 Å². The van der Waals surface area contributed by atoms with E-state index < -0.39 is 0 Å². The molecular weight excluding hydrogens is 276 g/mol. The fourth-order valence-electron chi connectivity index (χ4n) is 8.77. The third-order valence-corrected chi connectivity index (χ3v) is 10.4. The highest BCUT2D eigenvalue weighted by molar-refractivity contribution is 5.11. The van der Waals surface area contributed by atoms with Crippen LogP contribution >= 0.6 is 0 Å². The predicted molar refractivity (Wildman–Crippen MR) is 99.3 cm³/mol. The maximum Gasteiger partial charge on any atom is -0.0215 e. The van der Waals surface area contributed by atoms with Crippen molar-refractivity contribution in [3.8, 4) is 0 Å². The molecule has 0 spiro atoms. The van der Waals surface area contributed by atoms with Crippen LogP contribution in [0.25, 0.3) is 0 Å². The first-order chi connectivity index (χ1) is 10.8. The molecule has 0 heterocycles. The maximum atomic E-state index is 2.74. The zero-order chi connectivity index (χ0) is 16.5. The average Bonchev–Trinajstić information content (AvgIpc) is 2.85. The van der Waals surface area contributed by atoms with E-state index in [-0.39, 0.29) is 0 Å². The van der Waals surface area contributed by atoms with Crippen LogP contribution in [0.1, 0.15) is 98.8 Å². The number of rotatable bonds is 1. The fourth-order valence-corrected chi connectivity index (χ4v) is 8.77. The summed E-state index contributed by atoms with van der Waals surface area (Å²) in [5.74, 6) is 5.20. The van der Waals surface area contributed by atoms with Gasteiger partial charge in [-0.3, -0.25) is 0 Å². The highest BCUT2D eigenvalue weighted by Gasteiger charge is 2.62. The molecule has 0 aromatic heterocycles. The molecule has 4 saturated carbocycles. The van der Waals surface area contributed by atoms with Crippen LogP contribution < -0.4 is 0 Å². The monoisotopic (exact) mass is 316 g/mol. The van der Waals surface area contributed by atoms with Crippen molar-refractivity contribution in [2.45, 2.75) is 98.8 Å². The third-order valence-electron chi connectivity index (χ3n) is 10.4. The van der Waals surface area contributed by atoms with E-state index in [1.54, 1.807) is 25.7 Å². The van der Waals surface area contributed by atoms with Gasteiger partial charge in [0.05, 0.1) is 0 Å². The molecule has 0 aromatic carbocycles. The van der Waals surface area contributed by atoms with E-state index in [9.17, 15) is 0 Å². The summed E-state index contributed by atoms with van der Waals surface area (Å²) in [5.41, 5.74) is 1.88. The topological polar surface area (TPSA) is 0 Å². The quantitative estimate of drug-likeness (QED) is 0.485. The van der Waals surface area contributed by atoms with Crippen LogP contribution in [0.4, 0.5) is 0 Å². The molecule has 1 unspecified atom stereocenters. The van der Waals surface area contributed by atoms with E-state index in [4.69, 9.17) is 0 Å². The zero-order valence-corrected chi connectivity index (χ0v) is 16.5. The second-order valence-corrected chi connectivity index (χ2v) is 10.9. The average molecular weight is 317 g/mol. The van der Waals surface area contributed by atoms with Crippen molar-refractivity contribution in [2.75, 3.05) is 0 Å². The van der Waals surface area contributed by atoms with Gasteiger partial charge in [0.15, 0.2) is 0 Å². The van der Waals surface area contributed by atoms with Gasteiger partial charge in [-0.05, 0) is 97.2 Å². The van der Waals surface area contributed by atoms with Crippen molar-refractivity contribution in [1.29, 1.82) is 0 Å². The maximum absolute atomic E-state index is 2.74. The van der Waals surface area contributed by atoms with Gasteiger partial charge in [-0.1, -0.05) is 47.5 Å². The van der Waals surface area contributed by atoms with Gasteiger partial charge in [0.1, 0.15) is 0 Å². The molecule has 0 heteroatoms. The second kappa shape index (κ2) is 5.25. The van der Waals surface area contributed by atoms with Crippen LogP contribution in [0.15, 0.2) is 0 Å². The smallest absolute Gasteiger partial charge is 0.0215 e. The lowest BCUT2D eigenvalue weighted by Gasteiger charge is -2.65. The normalized spacial score (nSPS) is 54.9. The summed E-state index contributed by atoms with van der Waals surface area (Å²) >= 11 is 0. The van der Waals surface area contributed by atoms with Crippen molar-refractivity contribution in [3.05, 3.63) is 0 Å². The fraction of sp³-hybridized carbons (Fsp3) is 1.00. The minimum Gasteiger partial charge on any atom is -0.0651 e. The Bertz CT molecular complexity index is 463. The molecular formula is C23H40. The Morgan fingerprint density at radius 3 is 2.30 bits per heavy atom. The first kappa shape index (κ1) is 16.5. The van der Waals surface area contributed by atoms with Gasteiger partial charge in [0.2, 0.25) is 0 Å². The van der Waals surface area contributed by atoms with Crippen LogP contribution in [0.5, 0.6) is 0 Å². The molecule has 0 saturated heterocycles. The van der Waals surface area contributed by atoms with E-state index in [0.717, 1.165) is 29.6 Å². The summed E-state index contributed by atoms with van der Waals surface area (Å²) in [6.07, 6.45) is 15.2. The second-order valence-electron chi connectivity index (χ2n) is 10.9. The standard InChI is InChI=1S/C23H40/c1-6-16-10-12-19-18-11-9-17-8-7-14-21(2,3)23(17,5)20(18)13-15-22(16,19)4/h16-20H,6-15H2,1-5H3/t16-,17?,18-,19-,20-,22+,23-/m0/s1. The van der Waals surface area contributed by atoms with Crippen LogP contribution in [0.2, 0.25) is 0 Å². The molecule has 4 fully saturated rings. The Morgan fingerprint density at radius 2 is 1.57 bits per heavy atom. The summed E-state index contributed by atoms with van der Waals surface area (Å²) in [6, 6.07) is 0. The Labute approximate surface area is 145 Å². The minimum atomic E-state index is 0.565. The first-order valence-electron chi connectivity index (χ1n) is 10.8. The predicted octanol–water partition coefficient (Wildman–Crippen LogP) is 7.08. The molecule has 0 N–H and O–H groups in total. The molecule has 0 aromatic rings. The molecule has 4 aliphatic rings. The summed E-state index contributed by atoms with van der Waals surface area (Å²) in [6.45, 7) is 13.1. The van der Waals surface area contributed by atoms with Crippen molar-refractivity contribution in [1.82, 2.24) is 0 Å². The van der Waals surface area contributed by atoms with Crippen LogP contribution in [-0.4, -0.2) is 0 Å². The number of hydrogen-bond acceptors (Lipinski definition) is 0. The molecule has 23 heavy (non-hydrogen) atoms. The van der Waals surface area contributed by atoms with Crippen molar-refractivity contribution in [2.24, 2.45) is 45.8 Å². The largest absolute Gasteiger partial charge is 0.0651 e. The first-order valence-corrected chi connectivity index (χ1v) is 10.8. The highest BCUT2D eigenvalue weighted by Crippen LogP contribution is 2.71. The summed E-state index contributed by atoms with van der Waals surface area (Å²) < 4.78 is 0. The van der Waals surface area contributed by atoms with E-state index in [0.29, 0.717) is 16.2 Å². The third kappa shape index (κ3) is 2.02. The molecule has 7 atom stereocenters. The van der Waals surface area contributed by atoms with Gasteiger partial charge >= 0.3 is 0 Å². The lowest BCUT2D eigenvalue weighted by Crippen LogP contribution is -2.58. The van der Waals surface area contributed by atoms with Crippen molar-refractivity contribution in [3.63, 3.8) is 0 Å². The lowest BCUT2D eigenvalue weighted by atomic mass is 9.39. The SMILES string of the molecule is CC[C@H]1CC[C@H]2[C@@H]3CCC4CCCC(C)(C)[C@]4(C)[C@H]3CC[C@]12C. The minimum absolute atomic E-state index is 0.565. The van der Waals surface area contributed by atoms with Gasteiger partial charge in [0.25, 0.3) is 0 Å². The molecule has 0 nitrogen and oxygen atoms in total. The Morgan fingerprint density at radius 1 is 0.783 bits per heavy atom. The summed E-state index contributed by atoms with van der Waals surface area (Å²) in [7, 11) is 0. The summed E-state index contributed by atoms with van der Waals surface area (Å²) in [5, 5.41) is 0. The van der Waals surface area contributed by atoms with Gasteiger partial charge in [-0.15, -0.1) is 0 Å². The Kier molecular flexibility index (Phi) is 3.76. The lowest BCUT2D eigenvalue weighted by molar-refractivity contribution is -0.166. The van der Waals surface area contributed by atoms with E-state index in [1.165, 1.54) is 38.5 Å². The number of fused-ring (bicyclic) bond motifs is 5. The Balaban J connectivity index is 1.68. The van der Waals surface area contributed by atoms with Gasteiger partial charge in [-0.2, -0.15) is 0 Å². The molecule has 0 radical (unpaired) electrons. The van der Waals surface area contributed by atoms with E-state index in [1.807, 2.05) is 0 Å². The van der Waals surface area contributed by atoms with Crippen molar-refractivity contribution >= 4 is 0 Å². The van der Waals surface area contributed by atoms with E-state index >= 15 is 0 Å². The van der Waals surface area contributed by atoms with Gasteiger partial charge in [0, 0.05) is 0 Å². The number of hydrogen-bond donors (Lipinski definition) is 0. The molecule has 0 aliphatic heterocycles. The zero-order valence-electron chi connectivity index (χ0n) is 16.5. The molecule has 0 amide bonds. The highest BCUT2D eigenvalue weighted by atomic mass is 14.7. The van der Waals surface area contributed by atoms with Crippen LogP contribution in [-0.2, 0) is 0 Å². The van der Waals surface area contributed by atoms with E-state index in [2.05, 4.69) is 34.6 Å². The van der Waals surface area contributed by atoms with Crippen molar-refractivity contribution < 1.29 is 0 Å².